The standard InChI is InChI=1S/C23H29N7O3/c1-15-12-16(2)30(28-15)20-6-4-18(13-24-20)14-25-21(31)7-5-19-17(3)26-23(27-22(19)32)29-8-10-33-11-9-29/h4,6,12-13H,5,7-11,14H2,1-3H3,(H,25,31)(H,26,27,32). The third-order valence-electron chi connectivity index (χ3n) is 5.65. The molecule has 1 amide bonds. The van der Waals surface area contributed by atoms with Crippen LogP contribution in [-0.4, -0.2) is 56.9 Å². The van der Waals surface area contributed by atoms with E-state index in [9.17, 15) is 9.59 Å². The van der Waals surface area contributed by atoms with Gasteiger partial charge in [0.15, 0.2) is 5.82 Å². The van der Waals surface area contributed by atoms with Gasteiger partial charge in [0.2, 0.25) is 11.9 Å². The lowest BCUT2D eigenvalue weighted by Gasteiger charge is -2.27. The topological polar surface area (TPSA) is 118 Å². The van der Waals surface area contributed by atoms with Crippen LogP contribution >= 0.6 is 0 Å². The number of pyridine rings is 1. The lowest BCUT2D eigenvalue weighted by atomic mass is 10.1. The van der Waals surface area contributed by atoms with E-state index in [1.807, 2.05) is 43.9 Å². The molecule has 33 heavy (non-hydrogen) atoms. The van der Waals surface area contributed by atoms with Crippen molar-refractivity contribution in [1.29, 1.82) is 0 Å². The van der Waals surface area contributed by atoms with Gasteiger partial charge in [-0.1, -0.05) is 6.07 Å². The molecule has 0 aromatic carbocycles. The summed E-state index contributed by atoms with van der Waals surface area (Å²) in [6.45, 7) is 8.72. The van der Waals surface area contributed by atoms with Gasteiger partial charge in [-0.3, -0.25) is 14.6 Å². The maximum absolute atomic E-state index is 12.6. The maximum atomic E-state index is 12.6. The second-order valence-electron chi connectivity index (χ2n) is 8.19. The molecular weight excluding hydrogens is 422 g/mol. The highest BCUT2D eigenvalue weighted by molar-refractivity contribution is 5.76. The van der Waals surface area contributed by atoms with Crippen molar-refractivity contribution in [2.45, 2.75) is 40.2 Å². The van der Waals surface area contributed by atoms with E-state index in [0.29, 0.717) is 56.5 Å². The van der Waals surface area contributed by atoms with E-state index in [2.05, 4.69) is 25.4 Å². The quantitative estimate of drug-likeness (QED) is 0.557. The Balaban J connectivity index is 1.30. The number of aromatic amines is 1. The van der Waals surface area contributed by atoms with Crippen LogP contribution in [0, 0.1) is 20.8 Å². The van der Waals surface area contributed by atoms with E-state index in [1.165, 1.54) is 0 Å². The van der Waals surface area contributed by atoms with Crippen molar-refractivity contribution in [3.63, 3.8) is 0 Å². The average Bonchev–Trinajstić information content (AvgIpc) is 3.15. The predicted octanol–water partition coefficient (Wildman–Crippen LogP) is 1.36. The van der Waals surface area contributed by atoms with Crippen LogP contribution in [0.25, 0.3) is 5.82 Å². The summed E-state index contributed by atoms with van der Waals surface area (Å²) in [6.07, 6.45) is 2.27. The monoisotopic (exact) mass is 451 g/mol. The van der Waals surface area contributed by atoms with E-state index in [0.717, 1.165) is 22.8 Å². The fourth-order valence-corrected chi connectivity index (χ4v) is 3.85. The SMILES string of the molecule is Cc1cc(C)n(-c2ccc(CNC(=O)CCc3c(C)nc(N4CCOCC4)[nH]c3=O)cn2)n1. The van der Waals surface area contributed by atoms with Crippen molar-refractivity contribution in [2.75, 3.05) is 31.2 Å². The number of hydrogen-bond acceptors (Lipinski definition) is 7. The molecule has 0 bridgehead atoms. The molecule has 4 heterocycles. The second-order valence-corrected chi connectivity index (χ2v) is 8.19. The van der Waals surface area contributed by atoms with E-state index < -0.39 is 0 Å². The molecular formula is C23H29N7O3. The summed E-state index contributed by atoms with van der Waals surface area (Å²) in [7, 11) is 0. The first-order chi connectivity index (χ1) is 15.9. The Morgan fingerprint density at radius 1 is 1.21 bits per heavy atom. The van der Waals surface area contributed by atoms with Gasteiger partial charge in [-0.15, -0.1) is 0 Å². The number of anilines is 1. The van der Waals surface area contributed by atoms with Gasteiger partial charge >= 0.3 is 0 Å². The van der Waals surface area contributed by atoms with Crippen molar-refractivity contribution in [3.05, 3.63) is 63.0 Å². The minimum atomic E-state index is -0.194. The number of aromatic nitrogens is 5. The first-order valence-corrected chi connectivity index (χ1v) is 11.1. The molecule has 3 aromatic heterocycles. The average molecular weight is 452 g/mol. The molecule has 0 aliphatic carbocycles. The Kier molecular flexibility index (Phi) is 6.83. The summed E-state index contributed by atoms with van der Waals surface area (Å²) in [6, 6.07) is 5.79. The molecule has 0 spiro atoms. The molecule has 0 atom stereocenters. The Morgan fingerprint density at radius 2 is 2.00 bits per heavy atom. The van der Waals surface area contributed by atoms with Crippen molar-refractivity contribution in [2.24, 2.45) is 0 Å². The number of hydrogen-bond donors (Lipinski definition) is 2. The van der Waals surface area contributed by atoms with Crippen LogP contribution in [0.3, 0.4) is 0 Å². The highest BCUT2D eigenvalue weighted by Gasteiger charge is 2.17. The van der Waals surface area contributed by atoms with Gasteiger partial charge in [-0.25, -0.2) is 14.6 Å². The summed E-state index contributed by atoms with van der Waals surface area (Å²) in [5, 5.41) is 7.32. The summed E-state index contributed by atoms with van der Waals surface area (Å²) < 4.78 is 7.13. The van der Waals surface area contributed by atoms with Crippen molar-refractivity contribution >= 4 is 11.9 Å². The summed E-state index contributed by atoms with van der Waals surface area (Å²) in [5.41, 5.74) is 3.83. The number of ether oxygens (including phenoxy) is 1. The molecule has 10 nitrogen and oxygen atoms in total. The molecule has 3 aromatic rings. The normalized spacial score (nSPS) is 13.8. The van der Waals surface area contributed by atoms with E-state index >= 15 is 0 Å². The number of H-pyrrole nitrogens is 1. The largest absolute Gasteiger partial charge is 0.378 e. The van der Waals surface area contributed by atoms with Crippen LogP contribution in [0.4, 0.5) is 5.95 Å². The van der Waals surface area contributed by atoms with Crippen LogP contribution < -0.4 is 15.8 Å². The van der Waals surface area contributed by atoms with Crippen LogP contribution in [0.1, 0.15) is 34.6 Å². The second kappa shape index (κ2) is 9.95. The number of morpholine rings is 1. The Hall–Kier alpha value is -3.53. The number of rotatable bonds is 7. The smallest absolute Gasteiger partial charge is 0.255 e. The van der Waals surface area contributed by atoms with Gasteiger partial charge in [-0.2, -0.15) is 5.10 Å². The fraction of sp³-hybridized carbons (Fsp3) is 0.435. The number of aryl methyl sites for hydroxylation is 3. The molecule has 1 fully saturated rings. The van der Waals surface area contributed by atoms with E-state index in [4.69, 9.17) is 4.74 Å². The minimum Gasteiger partial charge on any atom is -0.378 e. The Morgan fingerprint density at radius 3 is 2.64 bits per heavy atom. The van der Waals surface area contributed by atoms with Gasteiger partial charge in [0.25, 0.3) is 5.56 Å². The van der Waals surface area contributed by atoms with Crippen molar-refractivity contribution in [3.8, 4) is 5.82 Å². The number of nitrogens with zero attached hydrogens (tertiary/aromatic N) is 5. The lowest BCUT2D eigenvalue weighted by Crippen LogP contribution is -2.38. The van der Waals surface area contributed by atoms with E-state index in [1.54, 1.807) is 10.9 Å². The molecule has 2 N–H and O–H groups in total. The zero-order valence-electron chi connectivity index (χ0n) is 19.2. The van der Waals surface area contributed by atoms with Gasteiger partial charge in [-0.05, 0) is 44.9 Å². The van der Waals surface area contributed by atoms with Crippen LogP contribution in [0.15, 0.2) is 29.2 Å². The number of amides is 1. The third kappa shape index (κ3) is 5.46. The molecule has 1 aliphatic heterocycles. The van der Waals surface area contributed by atoms with Crippen LogP contribution in [0.5, 0.6) is 0 Å². The summed E-state index contributed by atoms with van der Waals surface area (Å²) in [5.74, 6) is 1.16. The Bertz CT molecular complexity index is 1180. The zero-order valence-corrected chi connectivity index (χ0v) is 19.2. The number of carbonyl (C=O) groups is 1. The minimum absolute atomic E-state index is 0.131. The first-order valence-electron chi connectivity index (χ1n) is 11.1. The molecule has 0 unspecified atom stereocenters. The van der Waals surface area contributed by atoms with E-state index in [-0.39, 0.29) is 17.9 Å². The lowest BCUT2D eigenvalue weighted by molar-refractivity contribution is -0.121. The zero-order chi connectivity index (χ0) is 23.4. The highest BCUT2D eigenvalue weighted by atomic mass is 16.5. The third-order valence-corrected chi connectivity index (χ3v) is 5.65. The summed E-state index contributed by atoms with van der Waals surface area (Å²) >= 11 is 0. The molecule has 0 saturated carbocycles. The fourth-order valence-electron chi connectivity index (χ4n) is 3.85. The highest BCUT2D eigenvalue weighted by Crippen LogP contribution is 2.12. The predicted molar refractivity (Wildman–Crippen MR) is 124 cm³/mol. The van der Waals surface area contributed by atoms with Gasteiger partial charge in [0.05, 0.1) is 18.9 Å². The molecule has 1 saturated heterocycles. The van der Waals surface area contributed by atoms with Gasteiger partial charge in [0.1, 0.15) is 0 Å². The van der Waals surface area contributed by atoms with Crippen LogP contribution in [0.2, 0.25) is 0 Å². The first kappa shape index (κ1) is 22.7. The maximum Gasteiger partial charge on any atom is 0.255 e. The molecule has 4 rings (SSSR count). The number of carbonyl (C=O) groups excluding carboxylic acids is 1. The molecule has 1 aliphatic rings. The molecule has 10 heteroatoms. The van der Waals surface area contributed by atoms with Crippen LogP contribution in [-0.2, 0) is 22.5 Å². The Labute approximate surface area is 192 Å². The van der Waals surface area contributed by atoms with Gasteiger partial charge < -0.3 is 15.0 Å². The number of nitrogens with one attached hydrogen (secondary N) is 2. The molecule has 0 radical (unpaired) electrons. The molecule has 174 valence electrons. The van der Waals surface area contributed by atoms with Crippen molar-refractivity contribution in [1.82, 2.24) is 30.0 Å². The van der Waals surface area contributed by atoms with Crippen molar-refractivity contribution < 1.29 is 9.53 Å². The van der Waals surface area contributed by atoms with Gasteiger partial charge in [0, 0.05) is 49.2 Å². The summed E-state index contributed by atoms with van der Waals surface area (Å²) in [4.78, 5) is 38.8.